The average Bonchev–Trinajstić information content (AvgIpc) is 3.04. The van der Waals surface area contributed by atoms with E-state index >= 15 is 0 Å². The van der Waals surface area contributed by atoms with Gasteiger partial charge in [0, 0.05) is 12.1 Å². The zero-order valence-corrected chi connectivity index (χ0v) is 11.5. The fourth-order valence-corrected chi connectivity index (χ4v) is 4.10. The Morgan fingerprint density at radius 2 is 2.12 bits per heavy atom. The van der Waals surface area contributed by atoms with Crippen molar-refractivity contribution >= 4 is 11.3 Å². The molecule has 1 aromatic rings. The van der Waals surface area contributed by atoms with Gasteiger partial charge in [0.1, 0.15) is 0 Å². The molecule has 2 aliphatic carbocycles. The minimum Gasteiger partial charge on any atom is -0.307 e. The number of thiophene rings is 1. The fourth-order valence-electron chi connectivity index (χ4n) is 3.35. The first-order chi connectivity index (χ1) is 8.33. The van der Waals surface area contributed by atoms with Gasteiger partial charge in [0.2, 0.25) is 0 Å². The molecule has 1 heterocycles. The first-order valence-electron chi connectivity index (χ1n) is 7.11. The molecule has 2 heteroatoms. The highest BCUT2D eigenvalue weighted by atomic mass is 32.1. The quantitative estimate of drug-likeness (QED) is 0.835. The average molecular weight is 249 g/mol. The smallest absolute Gasteiger partial charge is 0.0302 e. The van der Waals surface area contributed by atoms with Crippen LogP contribution in [0.15, 0.2) is 16.8 Å². The molecular weight excluding hydrogens is 226 g/mol. The van der Waals surface area contributed by atoms with Gasteiger partial charge in [0.25, 0.3) is 0 Å². The molecule has 2 aliphatic rings. The molecule has 0 amide bonds. The number of rotatable bonds is 4. The molecule has 0 aliphatic heterocycles. The molecule has 0 bridgehead atoms. The molecular formula is C15H23NS. The van der Waals surface area contributed by atoms with E-state index in [4.69, 9.17) is 0 Å². The predicted molar refractivity (Wildman–Crippen MR) is 74.3 cm³/mol. The molecule has 0 radical (unpaired) electrons. The highest BCUT2D eigenvalue weighted by molar-refractivity contribution is 7.07. The zero-order chi connectivity index (χ0) is 11.7. The van der Waals surface area contributed by atoms with Crippen LogP contribution in [0, 0.1) is 11.8 Å². The van der Waals surface area contributed by atoms with Crippen LogP contribution in [0.2, 0.25) is 0 Å². The fraction of sp³-hybridized carbons (Fsp3) is 0.733. The van der Waals surface area contributed by atoms with Crippen LogP contribution in [-0.2, 0) is 0 Å². The molecule has 3 unspecified atom stereocenters. The number of hydrogen-bond acceptors (Lipinski definition) is 2. The lowest BCUT2D eigenvalue weighted by atomic mass is 9.82. The Labute approximate surface area is 109 Å². The normalized spacial score (nSPS) is 31.4. The first-order valence-corrected chi connectivity index (χ1v) is 8.05. The molecule has 3 rings (SSSR count). The van der Waals surface area contributed by atoms with E-state index in [1.54, 1.807) is 11.3 Å². The van der Waals surface area contributed by atoms with Crippen LogP contribution < -0.4 is 5.32 Å². The topological polar surface area (TPSA) is 12.0 Å². The van der Waals surface area contributed by atoms with Gasteiger partial charge in [-0.3, -0.25) is 0 Å². The largest absolute Gasteiger partial charge is 0.307 e. The molecule has 1 nitrogen and oxygen atoms in total. The summed E-state index contributed by atoms with van der Waals surface area (Å²) in [4.78, 5) is 0. The summed E-state index contributed by atoms with van der Waals surface area (Å²) in [5.74, 6) is 2.13. The van der Waals surface area contributed by atoms with Gasteiger partial charge in [-0.15, -0.1) is 0 Å². The molecule has 3 atom stereocenters. The van der Waals surface area contributed by atoms with Gasteiger partial charge in [0.05, 0.1) is 0 Å². The van der Waals surface area contributed by atoms with E-state index in [9.17, 15) is 0 Å². The Morgan fingerprint density at radius 1 is 1.24 bits per heavy atom. The highest BCUT2D eigenvalue weighted by Gasteiger charge is 2.34. The van der Waals surface area contributed by atoms with Crippen molar-refractivity contribution in [3.63, 3.8) is 0 Å². The SMILES string of the molecule is CC(NC1CCCC(C2CC2)C1)c1ccsc1. The monoisotopic (exact) mass is 249 g/mol. The lowest BCUT2D eigenvalue weighted by Crippen LogP contribution is -2.36. The lowest BCUT2D eigenvalue weighted by molar-refractivity contribution is 0.249. The molecule has 17 heavy (non-hydrogen) atoms. The summed E-state index contributed by atoms with van der Waals surface area (Å²) in [6.45, 7) is 2.31. The van der Waals surface area contributed by atoms with Crippen molar-refractivity contribution in [2.24, 2.45) is 11.8 Å². The van der Waals surface area contributed by atoms with Gasteiger partial charge >= 0.3 is 0 Å². The lowest BCUT2D eigenvalue weighted by Gasteiger charge is -2.32. The van der Waals surface area contributed by atoms with Gasteiger partial charge < -0.3 is 5.32 Å². The minimum absolute atomic E-state index is 0.532. The maximum atomic E-state index is 3.84. The Bertz CT molecular complexity index is 342. The van der Waals surface area contributed by atoms with Crippen LogP contribution in [0.5, 0.6) is 0 Å². The van der Waals surface area contributed by atoms with Crippen molar-refractivity contribution in [3.05, 3.63) is 22.4 Å². The Hall–Kier alpha value is -0.340. The van der Waals surface area contributed by atoms with Crippen molar-refractivity contribution in [2.45, 2.75) is 57.5 Å². The van der Waals surface area contributed by atoms with Crippen LogP contribution in [-0.4, -0.2) is 6.04 Å². The summed E-state index contributed by atoms with van der Waals surface area (Å²) in [7, 11) is 0. The van der Waals surface area contributed by atoms with Crippen molar-refractivity contribution < 1.29 is 0 Å². The molecule has 0 saturated heterocycles. The minimum atomic E-state index is 0.532. The molecule has 0 spiro atoms. The van der Waals surface area contributed by atoms with E-state index in [-0.39, 0.29) is 0 Å². The van der Waals surface area contributed by atoms with Crippen molar-refractivity contribution in [1.82, 2.24) is 5.32 Å². The Morgan fingerprint density at radius 3 is 2.82 bits per heavy atom. The van der Waals surface area contributed by atoms with Gasteiger partial charge in [-0.2, -0.15) is 11.3 Å². The van der Waals surface area contributed by atoms with E-state index in [2.05, 4.69) is 29.1 Å². The van der Waals surface area contributed by atoms with E-state index in [1.807, 2.05) is 0 Å². The van der Waals surface area contributed by atoms with Gasteiger partial charge in [-0.05, 0) is 66.8 Å². The van der Waals surface area contributed by atoms with Crippen LogP contribution in [0.4, 0.5) is 0 Å². The predicted octanol–water partition coefficient (Wildman–Crippen LogP) is 4.37. The van der Waals surface area contributed by atoms with Crippen LogP contribution in [0.1, 0.15) is 57.1 Å². The number of hydrogen-bond donors (Lipinski definition) is 1. The standard InChI is InChI=1S/C15H23NS/c1-11(14-7-8-17-10-14)16-15-4-2-3-13(9-15)12-5-6-12/h7-8,10-13,15-16H,2-6,9H2,1H3. The third-order valence-electron chi connectivity index (χ3n) is 4.53. The summed E-state index contributed by atoms with van der Waals surface area (Å²) in [5.41, 5.74) is 1.46. The molecule has 2 fully saturated rings. The van der Waals surface area contributed by atoms with E-state index in [0.717, 1.165) is 17.9 Å². The van der Waals surface area contributed by atoms with Crippen LogP contribution in [0.3, 0.4) is 0 Å². The second kappa shape index (κ2) is 5.11. The van der Waals surface area contributed by atoms with Gasteiger partial charge in [-0.25, -0.2) is 0 Å². The number of nitrogens with one attached hydrogen (secondary N) is 1. The Kier molecular flexibility index (Phi) is 3.53. The van der Waals surface area contributed by atoms with E-state index in [1.165, 1.54) is 44.1 Å². The zero-order valence-electron chi connectivity index (χ0n) is 10.7. The van der Waals surface area contributed by atoms with Crippen molar-refractivity contribution in [2.75, 3.05) is 0 Å². The first kappa shape index (κ1) is 11.7. The second-order valence-electron chi connectivity index (χ2n) is 5.91. The molecule has 94 valence electrons. The summed E-state index contributed by atoms with van der Waals surface area (Å²) in [5, 5.41) is 8.30. The van der Waals surface area contributed by atoms with Crippen molar-refractivity contribution in [3.8, 4) is 0 Å². The summed E-state index contributed by atoms with van der Waals surface area (Å²) < 4.78 is 0. The highest BCUT2D eigenvalue weighted by Crippen LogP contribution is 2.44. The van der Waals surface area contributed by atoms with Crippen molar-refractivity contribution in [1.29, 1.82) is 0 Å². The Balaban J connectivity index is 1.53. The van der Waals surface area contributed by atoms with E-state index < -0.39 is 0 Å². The summed E-state index contributed by atoms with van der Waals surface area (Å²) in [6.07, 6.45) is 8.77. The molecule has 0 aromatic carbocycles. The molecule has 1 aromatic heterocycles. The van der Waals surface area contributed by atoms with Gasteiger partial charge in [0.15, 0.2) is 0 Å². The summed E-state index contributed by atoms with van der Waals surface area (Å²) >= 11 is 1.81. The van der Waals surface area contributed by atoms with Crippen LogP contribution >= 0.6 is 11.3 Å². The maximum absolute atomic E-state index is 3.84. The maximum Gasteiger partial charge on any atom is 0.0302 e. The van der Waals surface area contributed by atoms with Crippen LogP contribution in [0.25, 0.3) is 0 Å². The third-order valence-corrected chi connectivity index (χ3v) is 5.23. The summed E-state index contributed by atoms with van der Waals surface area (Å²) in [6, 6.07) is 3.55. The molecule has 1 N–H and O–H groups in total. The molecule has 2 saturated carbocycles. The van der Waals surface area contributed by atoms with E-state index in [0.29, 0.717) is 6.04 Å². The second-order valence-corrected chi connectivity index (χ2v) is 6.69. The third kappa shape index (κ3) is 2.92. The van der Waals surface area contributed by atoms with Gasteiger partial charge in [-0.1, -0.05) is 12.8 Å².